The number of urea groups is 1. The molecule has 0 aliphatic carbocycles. The molecule has 0 aromatic heterocycles. The predicted octanol–water partition coefficient (Wildman–Crippen LogP) is 2.70. The van der Waals surface area contributed by atoms with E-state index < -0.39 is 6.03 Å². The highest BCUT2D eigenvalue weighted by molar-refractivity contribution is 7.98. The average Bonchev–Trinajstić information content (AvgIpc) is 2.44. The summed E-state index contributed by atoms with van der Waals surface area (Å²) in [5, 5.41) is 11.1. The van der Waals surface area contributed by atoms with Crippen molar-refractivity contribution in [1.29, 1.82) is 5.41 Å². The van der Waals surface area contributed by atoms with Crippen LogP contribution < -0.4 is 10.0 Å². The molecule has 6 nitrogen and oxygen atoms in total. The van der Waals surface area contributed by atoms with Crippen molar-refractivity contribution in [1.82, 2.24) is 14.9 Å². The van der Waals surface area contributed by atoms with E-state index in [-0.39, 0.29) is 22.4 Å². The number of amidine groups is 1. The number of ether oxygens (including phenoxy) is 1. The van der Waals surface area contributed by atoms with Crippen molar-refractivity contribution in [3.8, 4) is 0 Å². The Bertz CT molecular complexity index is 352. The molecule has 3 N–H and O–H groups in total. The second-order valence-electron chi connectivity index (χ2n) is 4.35. The van der Waals surface area contributed by atoms with Crippen LogP contribution in [0.15, 0.2) is 0 Å². The summed E-state index contributed by atoms with van der Waals surface area (Å²) in [4.78, 5) is 13.1. The highest BCUT2D eigenvalue weighted by Gasteiger charge is 2.25. The number of nitrogens with one attached hydrogen (secondary N) is 3. The third-order valence-electron chi connectivity index (χ3n) is 2.71. The largest absolute Gasteiger partial charge is 0.468 e. The molecule has 116 valence electrons. The van der Waals surface area contributed by atoms with E-state index in [2.05, 4.69) is 10.0 Å². The van der Waals surface area contributed by atoms with Crippen molar-refractivity contribution in [3.63, 3.8) is 0 Å². The van der Waals surface area contributed by atoms with Crippen LogP contribution in [0.3, 0.4) is 0 Å². The first-order valence-corrected chi connectivity index (χ1v) is 7.84. The van der Waals surface area contributed by atoms with Gasteiger partial charge in [0, 0.05) is 11.3 Å². The van der Waals surface area contributed by atoms with E-state index in [9.17, 15) is 4.79 Å². The number of methoxy groups -OCH3 is 1. The number of thiocarbonyl (C=S) groups is 1. The van der Waals surface area contributed by atoms with Crippen molar-refractivity contribution in [2.45, 2.75) is 51.8 Å². The Morgan fingerprint density at radius 3 is 2.45 bits per heavy atom. The van der Waals surface area contributed by atoms with Crippen LogP contribution in [0.25, 0.3) is 0 Å². The zero-order valence-electron chi connectivity index (χ0n) is 12.6. The van der Waals surface area contributed by atoms with Gasteiger partial charge in [0.1, 0.15) is 0 Å². The van der Waals surface area contributed by atoms with Gasteiger partial charge in [0.05, 0.1) is 7.11 Å². The first-order valence-electron chi connectivity index (χ1n) is 6.56. The molecule has 2 amide bonds. The van der Waals surface area contributed by atoms with Crippen LogP contribution in [0.5, 0.6) is 0 Å². The van der Waals surface area contributed by atoms with Crippen molar-refractivity contribution in [3.05, 3.63) is 0 Å². The molecule has 0 aliphatic heterocycles. The van der Waals surface area contributed by atoms with Crippen LogP contribution in [-0.4, -0.2) is 40.5 Å². The van der Waals surface area contributed by atoms with Crippen molar-refractivity contribution < 1.29 is 9.53 Å². The highest BCUT2D eigenvalue weighted by atomic mass is 32.2. The lowest BCUT2D eigenvalue weighted by atomic mass is 10.3. The topological polar surface area (TPSA) is 77.5 Å². The molecule has 0 rings (SSSR count). The molecule has 2 unspecified atom stereocenters. The molecule has 0 radical (unpaired) electrons. The summed E-state index contributed by atoms with van der Waals surface area (Å²) in [5.74, 6) is 0. The van der Waals surface area contributed by atoms with Crippen LogP contribution in [0.4, 0.5) is 4.79 Å². The summed E-state index contributed by atoms with van der Waals surface area (Å²) < 4.78 is 7.49. The first-order chi connectivity index (χ1) is 9.37. The van der Waals surface area contributed by atoms with E-state index in [1.165, 1.54) is 19.1 Å². The summed E-state index contributed by atoms with van der Waals surface area (Å²) in [6.45, 7) is 8.00. The van der Waals surface area contributed by atoms with Gasteiger partial charge in [-0.05, 0) is 43.9 Å². The normalized spacial score (nSPS) is 13.1. The van der Waals surface area contributed by atoms with Gasteiger partial charge < -0.3 is 10.1 Å². The number of hydrogen-bond donors (Lipinski definition) is 3. The van der Waals surface area contributed by atoms with Crippen LogP contribution in [0.1, 0.15) is 40.5 Å². The van der Waals surface area contributed by atoms with E-state index in [4.69, 9.17) is 22.4 Å². The molecule has 0 bridgehead atoms. The Morgan fingerprint density at radius 1 is 1.40 bits per heavy atom. The monoisotopic (exact) mass is 320 g/mol. The van der Waals surface area contributed by atoms with Gasteiger partial charge in [0.15, 0.2) is 5.11 Å². The minimum Gasteiger partial charge on any atom is -0.468 e. The average molecular weight is 320 g/mol. The van der Waals surface area contributed by atoms with Gasteiger partial charge in [-0.3, -0.25) is 10.1 Å². The molecular formula is C12H24N4O2S2. The molecule has 0 aromatic carbocycles. The zero-order valence-corrected chi connectivity index (χ0v) is 14.3. The molecule has 0 aliphatic rings. The van der Waals surface area contributed by atoms with Gasteiger partial charge in [-0.15, -0.1) is 0 Å². The molecule has 0 aromatic rings. The molecule has 0 saturated carbocycles. The van der Waals surface area contributed by atoms with Crippen LogP contribution >= 0.6 is 24.2 Å². The van der Waals surface area contributed by atoms with Gasteiger partial charge in [-0.25, -0.2) is 4.79 Å². The fourth-order valence-electron chi connectivity index (χ4n) is 1.03. The van der Waals surface area contributed by atoms with Crippen LogP contribution in [-0.2, 0) is 4.74 Å². The number of carbonyl (C=O) groups excluding carboxylic acids is 1. The van der Waals surface area contributed by atoms with Crippen LogP contribution in [0.2, 0.25) is 0 Å². The first kappa shape index (κ1) is 19.0. The quantitative estimate of drug-likeness (QED) is 0.314. The summed E-state index contributed by atoms with van der Waals surface area (Å²) in [6, 6.07) is -0.680. The summed E-state index contributed by atoms with van der Waals surface area (Å²) in [7, 11) is 1.33. The van der Waals surface area contributed by atoms with Crippen LogP contribution in [0, 0.1) is 5.41 Å². The number of nitrogens with zero attached hydrogens (tertiary/aromatic N) is 1. The summed E-state index contributed by atoms with van der Waals surface area (Å²) in [6.07, 6.45) is 1.79. The van der Waals surface area contributed by atoms with Gasteiger partial charge in [-0.2, -0.15) is 4.90 Å². The standard InChI is InChI=1S/C12H24N4O2S2/c1-6-8(3)14-12(19)16(10(13)18-5)11(17)15-20-9(4)7-2/h8-9,13H,6-7H2,1-5H3,(H,14,19)(H,15,17). The smallest absolute Gasteiger partial charge is 0.341 e. The van der Waals surface area contributed by atoms with Crippen molar-refractivity contribution in [2.75, 3.05) is 7.11 Å². The fourth-order valence-corrected chi connectivity index (χ4v) is 1.95. The molecule has 20 heavy (non-hydrogen) atoms. The maximum Gasteiger partial charge on any atom is 0.341 e. The Balaban J connectivity index is 4.75. The lowest BCUT2D eigenvalue weighted by molar-refractivity contribution is 0.230. The Kier molecular flexibility index (Phi) is 9.32. The maximum absolute atomic E-state index is 12.1. The van der Waals surface area contributed by atoms with Gasteiger partial charge in [0.2, 0.25) is 0 Å². The molecular weight excluding hydrogens is 296 g/mol. The molecule has 8 heteroatoms. The van der Waals surface area contributed by atoms with Gasteiger partial charge in [0.25, 0.3) is 6.02 Å². The lowest BCUT2D eigenvalue weighted by Gasteiger charge is -2.25. The zero-order chi connectivity index (χ0) is 15.7. The minimum absolute atomic E-state index is 0.115. The third-order valence-corrected chi connectivity index (χ3v) is 4.04. The summed E-state index contributed by atoms with van der Waals surface area (Å²) >= 11 is 6.47. The predicted molar refractivity (Wildman–Crippen MR) is 87.9 cm³/mol. The van der Waals surface area contributed by atoms with E-state index in [1.54, 1.807) is 0 Å². The van der Waals surface area contributed by atoms with E-state index >= 15 is 0 Å². The van der Waals surface area contributed by atoms with E-state index in [0.29, 0.717) is 0 Å². The molecule has 2 atom stereocenters. The van der Waals surface area contributed by atoms with Crippen molar-refractivity contribution in [2.24, 2.45) is 0 Å². The summed E-state index contributed by atoms with van der Waals surface area (Å²) in [5.41, 5.74) is 0. The second-order valence-corrected chi connectivity index (χ2v) is 5.98. The van der Waals surface area contributed by atoms with E-state index in [1.807, 2.05) is 27.7 Å². The molecule has 0 heterocycles. The fraction of sp³-hybridized carbons (Fsp3) is 0.750. The molecule has 0 saturated heterocycles. The SMILES string of the molecule is CCC(C)NC(=S)N(C(=N)OC)C(=O)NSC(C)CC. The minimum atomic E-state index is -0.483. The number of rotatable bonds is 5. The van der Waals surface area contributed by atoms with Gasteiger partial charge >= 0.3 is 6.03 Å². The Morgan fingerprint density at radius 2 is 2.00 bits per heavy atom. The maximum atomic E-state index is 12.1. The number of hydrogen-bond acceptors (Lipinski definition) is 5. The van der Waals surface area contributed by atoms with E-state index in [0.717, 1.165) is 17.7 Å². The lowest BCUT2D eigenvalue weighted by Crippen LogP contribution is -2.52. The Labute approximate surface area is 130 Å². The van der Waals surface area contributed by atoms with Crippen molar-refractivity contribution >= 4 is 41.3 Å². The third kappa shape index (κ3) is 6.42. The molecule has 0 fully saturated rings. The van der Waals surface area contributed by atoms with Gasteiger partial charge in [-0.1, -0.05) is 20.8 Å². The Hall–Kier alpha value is -1.02. The number of carbonyl (C=O) groups is 1. The second kappa shape index (κ2) is 9.82. The highest BCUT2D eigenvalue weighted by Crippen LogP contribution is 2.10. The number of amides is 2. The molecule has 0 spiro atoms.